The summed E-state index contributed by atoms with van der Waals surface area (Å²) in [4.78, 5) is 59.2. The van der Waals surface area contributed by atoms with E-state index in [0.717, 1.165) is 5.56 Å². The molecule has 1 fully saturated rings. The highest BCUT2D eigenvalue weighted by atomic mass is 35.5. The summed E-state index contributed by atoms with van der Waals surface area (Å²) >= 11 is 6.07. The molecule has 15 heteroatoms. The van der Waals surface area contributed by atoms with Gasteiger partial charge in [0, 0.05) is 49.7 Å². The van der Waals surface area contributed by atoms with Gasteiger partial charge in [-0.25, -0.2) is 9.18 Å². The van der Waals surface area contributed by atoms with Crippen molar-refractivity contribution in [2.75, 3.05) is 50.1 Å². The number of carboxylic acids is 1. The Bertz CT molecular complexity index is 1930. The number of aromatic carboxylic acids is 1. The van der Waals surface area contributed by atoms with Crippen LogP contribution in [-0.2, 0) is 20.8 Å². The molecule has 3 aromatic carbocycles. The van der Waals surface area contributed by atoms with Gasteiger partial charge < -0.3 is 19.8 Å². The molecule has 0 saturated carbocycles. The number of amides is 3. The zero-order chi connectivity index (χ0) is 34.1. The number of halogens is 2. The minimum atomic E-state index is -1.12. The summed E-state index contributed by atoms with van der Waals surface area (Å²) in [6.07, 6.45) is 4.07. The van der Waals surface area contributed by atoms with Crippen LogP contribution in [0.4, 0.5) is 15.8 Å². The molecule has 0 unspecified atom stereocenters. The highest BCUT2D eigenvalue weighted by molar-refractivity contribution is 6.31. The van der Waals surface area contributed by atoms with Gasteiger partial charge in [-0.1, -0.05) is 23.7 Å². The van der Waals surface area contributed by atoms with Gasteiger partial charge in [-0.2, -0.15) is 4.68 Å². The number of nitrogens with zero attached hydrogens (tertiary/aromatic N) is 8. The number of aromatic nitrogens is 4. The largest absolute Gasteiger partial charge is 0.478 e. The summed E-state index contributed by atoms with van der Waals surface area (Å²) in [5, 5.41) is 20.2. The van der Waals surface area contributed by atoms with Crippen LogP contribution in [0.15, 0.2) is 67.0 Å². The molecule has 3 heterocycles. The highest BCUT2D eigenvalue weighted by Gasteiger charge is 2.39. The summed E-state index contributed by atoms with van der Waals surface area (Å²) < 4.78 is 16.5. The molecule has 6 rings (SSSR count). The average Bonchev–Trinajstić information content (AvgIpc) is 3.62. The maximum Gasteiger partial charge on any atom is 0.335 e. The van der Waals surface area contributed by atoms with Gasteiger partial charge in [0.25, 0.3) is 5.91 Å². The predicted molar refractivity (Wildman–Crippen MR) is 174 cm³/mol. The van der Waals surface area contributed by atoms with Crippen LogP contribution in [0.1, 0.15) is 33.1 Å². The normalized spacial score (nSPS) is 16.7. The molecule has 2 aliphatic heterocycles. The van der Waals surface area contributed by atoms with E-state index in [4.69, 9.17) is 11.6 Å². The third-order valence-corrected chi connectivity index (χ3v) is 8.84. The summed E-state index contributed by atoms with van der Waals surface area (Å²) in [6.45, 7) is 1.52. The van der Waals surface area contributed by atoms with Crippen LogP contribution in [-0.4, -0.2) is 99.1 Å². The fraction of sp³-hybridized carbons (Fsp3) is 0.242. The molecule has 246 valence electrons. The lowest BCUT2D eigenvalue weighted by Gasteiger charge is -2.40. The molecule has 13 nitrogen and oxygen atoms in total. The number of fused-ring (bicyclic) bond motifs is 1. The van der Waals surface area contributed by atoms with E-state index in [0.29, 0.717) is 36.4 Å². The van der Waals surface area contributed by atoms with Crippen LogP contribution in [0, 0.1) is 5.82 Å². The number of rotatable bonds is 7. The van der Waals surface area contributed by atoms with Gasteiger partial charge >= 0.3 is 5.97 Å². The molecule has 1 aromatic heterocycles. The van der Waals surface area contributed by atoms with Crippen molar-refractivity contribution in [2.45, 2.75) is 12.5 Å². The number of anilines is 2. The Morgan fingerprint density at radius 1 is 1.04 bits per heavy atom. The lowest BCUT2D eigenvalue weighted by Crippen LogP contribution is -2.50. The van der Waals surface area contributed by atoms with Crippen molar-refractivity contribution in [1.29, 1.82) is 0 Å². The molecule has 0 aliphatic carbocycles. The Hall–Kier alpha value is -5.47. The van der Waals surface area contributed by atoms with Crippen molar-refractivity contribution in [1.82, 2.24) is 30.0 Å². The zero-order valence-electron chi connectivity index (χ0n) is 26.0. The van der Waals surface area contributed by atoms with Crippen LogP contribution in [0.25, 0.3) is 11.8 Å². The summed E-state index contributed by atoms with van der Waals surface area (Å²) in [7, 11) is 3.42. The van der Waals surface area contributed by atoms with Gasteiger partial charge in [0.2, 0.25) is 11.8 Å². The molecule has 1 atom stereocenters. The molecule has 48 heavy (non-hydrogen) atoms. The molecular weight excluding hydrogens is 643 g/mol. The van der Waals surface area contributed by atoms with Gasteiger partial charge in [0.15, 0.2) is 5.82 Å². The SMILES string of the molecule is CN1CCN(c2cccc3c2CCN(C(=O)/C=C/c2c(-n4cnnn4)ccc(Cl)c2F)[C@H]3C(=O)N(C)c2ccc(C(=O)O)cc2)C(=O)C1. The number of carboxylic acid groups (broad SMARTS) is 1. The van der Waals surface area contributed by atoms with Crippen molar-refractivity contribution in [2.24, 2.45) is 0 Å². The standard InChI is InChI=1S/C33H30ClFN8O5/c1-39-16-17-41(29(45)18-39)26-5-3-4-23-22(26)14-15-42(31(23)32(46)40(2)21-8-6-20(7-9-21)33(47)48)28(44)13-10-24-27(43-19-36-37-38-43)12-11-25(34)30(24)35/h3-13,19,31H,14-18H2,1-2H3,(H,47,48)/b13-10+/t31-/m1/s1. The lowest BCUT2D eigenvalue weighted by atomic mass is 9.89. The van der Waals surface area contributed by atoms with Crippen molar-refractivity contribution < 1.29 is 28.7 Å². The van der Waals surface area contributed by atoms with Crippen molar-refractivity contribution in [3.63, 3.8) is 0 Å². The van der Waals surface area contributed by atoms with Crippen molar-refractivity contribution >= 4 is 52.7 Å². The maximum atomic E-state index is 15.3. The second kappa shape index (κ2) is 13.3. The smallest absolute Gasteiger partial charge is 0.335 e. The van der Waals surface area contributed by atoms with Crippen LogP contribution in [0.5, 0.6) is 0 Å². The minimum absolute atomic E-state index is 0.0325. The zero-order valence-corrected chi connectivity index (χ0v) is 26.7. The number of piperazine rings is 1. The Kier molecular flexibility index (Phi) is 9.02. The number of carbonyl (C=O) groups excluding carboxylic acids is 3. The third-order valence-electron chi connectivity index (χ3n) is 8.55. The molecule has 0 spiro atoms. The van der Waals surface area contributed by atoms with Crippen LogP contribution >= 0.6 is 11.6 Å². The Labute approximate surface area is 279 Å². The third kappa shape index (κ3) is 6.14. The second-order valence-electron chi connectivity index (χ2n) is 11.4. The highest BCUT2D eigenvalue weighted by Crippen LogP contribution is 2.38. The monoisotopic (exact) mass is 672 g/mol. The van der Waals surface area contributed by atoms with Gasteiger partial charge in [-0.3, -0.25) is 19.3 Å². The lowest BCUT2D eigenvalue weighted by molar-refractivity contribution is -0.136. The van der Waals surface area contributed by atoms with E-state index in [1.165, 1.54) is 69.4 Å². The molecule has 3 amide bonds. The Balaban J connectivity index is 1.39. The Morgan fingerprint density at radius 3 is 2.50 bits per heavy atom. The van der Waals surface area contributed by atoms with Crippen LogP contribution < -0.4 is 9.80 Å². The van der Waals surface area contributed by atoms with Crippen molar-refractivity contribution in [3.8, 4) is 5.69 Å². The fourth-order valence-corrected chi connectivity index (χ4v) is 6.19. The quantitative estimate of drug-likeness (QED) is 0.293. The van der Waals surface area contributed by atoms with Gasteiger partial charge in [-0.15, -0.1) is 5.10 Å². The van der Waals surface area contributed by atoms with Crippen LogP contribution in [0.3, 0.4) is 0 Å². The first-order valence-corrected chi connectivity index (χ1v) is 15.3. The molecule has 1 N–H and O–H groups in total. The molecule has 1 saturated heterocycles. The predicted octanol–water partition coefficient (Wildman–Crippen LogP) is 3.23. The molecule has 4 aromatic rings. The van der Waals surface area contributed by atoms with E-state index in [1.807, 2.05) is 18.0 Å². The van der Waals surface area contributed by atoms with E-state index < -0.39 is 29.6 Å². The topological polar surface area (TPSA) is 145 Å². The minimum Gasteiger partial charge on any atom is -0.478 e. The summed E-state index contributed by atoms with van der Waals surface area (Å²) in [5.74, 6) is -3.00. The number of hydrogen-bond acceptors (Lipinski definition) is 8. The molecule has 0 bridgehead atoms. The van der Waals surface area contributed by atoms with Gasteiger partial charge in [0.05, 0.1) is 22.8 Å². The van der Waals surface area contributed by atoms with Gasteiger partial charge in [0.1, 0.15) is 12.4 Å². The van der Waals surface area contributed by atoms with E-state index >= 15 is 4.39 Å². The number of likely N-dealkylation sites (N-methyl/N-ethyl adjacent to an activating group) is 2. The number of carbonyl (C=O) groups is 4. The van der Waals surface area contributed by atoms with E-state index in [2.05, 4.69) is 15.5 Å². The molecule has 2 aliphatic rings. The van der Waals surface area contributed by atoms with Crippen LogP contribution in [0.2, 0.25) is 5.02 Å². The summed E-state index contributed by atoms with van der Waals surface area (Å²) in [6, 6.07) is 12.9. The first-order chi connectivity index (χ1) is 23.0. The molecule has 0 radical (unpaired) electrons. The maximum absolute atomic E-state index is 15.3. The Morgan fingerprint density at radius 2 is 1.81 bits per heavy atom. The number of tetrazole rings is 1. The van der Waals surface area contributed by atoms with Gasteiger partial charge in [-0.05, 0) is 83.6 Å². The number of hydrogen-bond donors (Lipinski definition) is 1. The van der Waals surface area contributed by atoms with E-state index in [-0.39, 0.29) is 40.8 Å². The first kappa shape index (κ1) is 32.5. The second-order valence-corrected chi connectivity index (χ2v) is 11.9. The molecular formula is C33H30ClFN8O5. The van der Waals surface area contributed by atoms with E-state index in [1.54, 1.807) is 24.1 Å². The fourth-order valence-electron chi connectivity index (χ4n) is 6.03. The van der Waals surface area contributed by atoms with E-state index in [9.17, 15) is 24.3 Å². The first-order valence-electron chi connectivity index (χ1n) is 15.0. The average molecular weight is 673 g/mol. The van der Waals surface area contributed by atoms with Crippen molar-refractivity contribution in [3.05, 3.63) is 100 Å². The number of benzene rings is 3. The summed E-state index contributed by atoms with van der Waals surface area (Å²) in [5.41, 5.74) is 2.70.